The highest BCUT2D eigenvalue weighted by Gasteiger charge is 2.19. The highest BCUT2D eigenvalue weighted by molar-refractivity contribution is 9.10. The molecule has 1 N–H and O–H groups in total. The Morgan fingerprint density at radius 3 is 2.68 bits per heavy atom. The van der Waals surface area contributed by atoms with Gasteiger partial charge in [0, 0.05) is 17.6 Å². The lowest BCUT2D eigenvalue weighted by Gasteiger charge is -2.15. The summed E-state index contributed by atoms with van der Waals surface area (Å²) in [5.41, 5.74) is 1.56. The van der Waals surface area contributed by atoms with Crippen molar-refractivity contribution in [2.45, 2.75) is 19.8 Å². The summed E-state index contributed by atoms with van der Waals surface area (Å²) in [4.78, 5) is 25.7. The predicted octanol–water partition coefficient (Wildman–Crippen LogP) is 2.11. The van der Waals surface area contributed by atoms with Gasteiger partial charge in [-0.25, -0.2) is 0 Å². The third-order valence-electron chi connectivity index (χ3n) is 3.30. The number of carbonyl (C=O) groups is 2. The average Bonchev–Trinajstić information content (AvgIpc) is 2.93. The number of nitrogens with one attached hydrogen (secondary N) is 1. The normalized spacial score (nSPS) is 14.5. The van der Waals surface area contributed by atoms with E-state index >= 15 is 0 Å². The molecule has 0 aromatic heterocycles. The van der Waals surface area contributed by atoms with Crippen molar-refractivity contribution < 1.29 is 9.59 Å². The molecular formula is C14H17BrN2O2. The van der Waals surface area contributed by atoms with E-state index in [1.54, 1.807) is 11.0 Å². The van der Waals surface area contributed by atoms with Gasteiger partial charge in [0.15, 0.2) is 0 Å². The minimum Gasteiger partial charge on any atom is -0.343 e. The van der Waals surface area contributed by atoms with Gasteiger partial charge in [-0.05, 0) is 47.3 Å². The molecule has 0 radical (unpaired) electrons. The van der Waals surface area contributed by atoms with Crippen molar-refractivity contribution in [3.63, 3.8) is 0 Å². The van der Waals surface area contributed by atoms with Crippen molar-refractivity contribution in [2.24, 2.45) is 0 Å². The van der Waals surface area contributed by atoms with E-state index in [0.29, 0.717) is 5.56 Å². The number of hydrogen-bond donors (Lipinski definition) is 1. The van der Waals surface area contributed by atoms with E-state index in [4.69, 9.17) is 0 Å². The van der Waals surface area contributed by atoms with E-state index in [1.807, 2.05) is 19.1 Å². The molecule has 2 rings (SSSR count). The molecule has 0 atom stereocenters. The maximum atomic E-state index is 12.0. The van der Waals surface area contributed by atoms with Crippen LogP contribution in [0.15, 0.2) is 22.7 Å². The lowest BCUT2D eigenvalue weighted by atomic mass is 10.1. The standard InChI is InChI=1S/C14H17BrN2O2/c1-10-5-4-6-11(13(10)15)14(19)16-9-12(18)17-7-2-3-8-17/h4-6H,2-3,7-9H2,1H3,(H,16,19). The summed E-state index contributed by atoms with van der Waals surface area (Å²) in [5.74, 6) is -0.224. The number of likely N-dealkylation sites (tertiary alicyclic amines) is 1. The van der Waals surface area contributed by atoms with Crippen molar-refractivity contribution in [1.29, 1.82) is 0 Å². The van der Waals surface area contributed by atoms with Crippen LogP contribution in [0.3, 0.4) is 0 Å². The molecular weight excluding hydrogens is 308 g/mol. The van der Waals surface area contributed by atoms with Gasteiger partial charge in [-0.2, -0.15) is 0 Å². The highest BCUT2D eigenvalue weighted by atomic mass is 79.9. The summed E-state index contributed by atoms with van der Waals surface area (Å²) in [7, 11) is 0. The Morgan fingerprint density at radius 2 is 2.00 bits per heavy atom. The summed E-state index contributed by atoms with van der Waals surface area (Å²) >= 11 is 3.40. The van der Waals surface area contributed by atoms with Crippen LogP contribution in [0.25, 0.3) is 0 Å². The summed E-state index contributed by atoms with van der Waals surface area (Å²) in [6, 6.07) is 5.50. The fraction of sp³-hybridized carbons (Fsp3) is 0.429. The van der Waals surface area contributed by atoms with Crippen LogP contribution < -0.4 is 5.32 Å². The van der Waals surface area contributed by atoms with E-state index in [0.717, 1.165) is 36.0 Å². The molecule has 0 unspecified atom stereocenters. The van der Waals surface area contributed by atoms with Crippen LogP contribution in [0.1, 0.15) is 28.8 Å². The lowest BCUT2D eigenvalue weighted by molar-refractivity contribution is -0.129. The quantitative estimate of drug-likeness (QED) is 0.925. The minimum atomic E-state index is -0.219. The van der Waals surface area contributed by atoms with Crippen LogP contribution in [0.2, 0.25) is 0 Å². The largest absolute Gasteiger partial charge is 0.343 e. The number of halogens is 1. The fourth-order valence-electron chi connectivity index (χ4n) is 2.15. The van der Waals surface area contributed by atoms with Gasteiger partial charge in [-0.1, -0.05) is 12.1 Å². The summed E-state index contributed by atoms with van der Waals surface area (Å²) in [6.07, 6.45) is 2.12. The monoisotopic (exact) mass is 324 g/mol. The van der Waals surface area contributed by atoms with Crippen LogP contribution in [0, 0.1) is 6.92 Å². The van der Waals surface area contributed by atoms with Crippen molar-refractivity contribution >= 4 is 27.7 Å². The first-order valence-electron chi connectivity index (χ1n) is 6.40. The zero-order valence-corrected chi connectivity index (χ0v) is 12.5. The number of aryl methyl sites for hydroxylation is 1. The lowest BCUT2D eigenvalue weighted by Crippen LogP contribution is -2.38. The maximum absolute atomic E-state index is 12.0. The van der Waals surface area contributed by atoms with Gasteiger partial charge < -0.3 is 10.2 Å². The fourth-order valence-corrected chi connectivity index (χ4v) is 2.60. The number of hydrogen-bond acceptors (Lipinski definition) is 2. The Labute approximate surface area is 121 Å². The molecule has 2 amide bonds. The Bertz CT molecular complexity index is 496. The van der Waals surface area contributed by atoms with Crippen LogP contribution in [-0.4, -0.2) is 36.3 Å². The molecule has 1 saturated heterocycles. The maximum Gasteiger partial charge on any atom is 0.252 e. The second-order valence-electron chi connectivity index (χ2n) is 4.71. The Hall–Kier alpha value is -1.36. The van der Waals surface area contributed by atoms with E-state index in [1.165, 1.54) is 0 Å². The molecule has 1 fully saturated rings. The Kier molecular flexibility index (Phi) is 4.58. The number of amides is 2. The van der Waals surface area contributed by atoms with Crippen LogP contribution in [-0.2, 0) is 4.79 Å². The summed E-state index contributed by atoms with van der Waals surface area (Å²) in [5, 5.41) is 2.68. The zero-order valence-electron chi connectivity index (χ0n) is 10.9. The smallest absolute Gasteiger partial charge is 0.252 e. The van der Waals surface area contributed by atoms with Gasteiger partial charge in [-0.15, -0.1) is 0 Å². The van der Waals surface area contributed by atoms with Crippen LogP contribution >= 0.6 is 15.9 Å². The molecule has 0 bridgehead atoms. The van der Waals surface area contributed by atoms with Crippen molar-refractivity contribution in [3.05, 3.63) is 33.8 Å². The SMILES string of the molecule is Cc1cccc(C(=O)NCC(=O)N2CCCC2)c1Br. The van der Waals surface area contributed by atoms with Gasteiger partial charge in [0.2, 0.25) is 5.91 Å². The first kappa shape index (κ1) is 14.1. The van der Waals surface area contributed by atoms with E-state index in [2.05, 4.69) is 21.2 Å². The first-order chi connectivity index (χ1) is 9.09. The molecule has 0 aliphatic carbocycles. The number of carbonyl (C=O) groups excluding carboxylic acids is 2. The highest BCUT2D eigenvalue weighted by Crippen LogP contribution is 2.20. The van der Waals surface area contributed by atoms with Gasteiger partial charge in [0.1, 0.15) is 0 Å². The third-order valence-corrected chi connectivity index (χ3v) is 4.35. The minimum absolute atomic E-state index is 0.00498. The molecule has 0 saturated carbocycles. The van der Waals surface area contributed by atoms with Crippen molar-refractivity contribution in [2.75, 3.05) is 19.6 Å². The Balaban J connectivity index is 1.94. The Morgan fingerprint density at radius 1 is 1.32 bits per heavy atom. The van der Waals surface area contributed by atoms with Gasteiger partial charge in [0.25, 0.3) is 5.91 Å². The second-order valence-corrected chi connectivity index (χ2v) is 5.50. The van der Waals surface area contributed by atoms with Gasteiger partial charge in [0.05, 0.1) is 12.1 Å². The molecule has 102 valence electrons. The molecule has 1 aromatic carbocycles. The third kappa shape index (κ3) is 3.35. The van der Waals surface area contributed by atoms with Crippen molar-refractivity contribution in [3.8, 4) is 0 Å². The van der Waals surface area contributed by atoms with Crippen LogP contribution in [0.4, 0.5) is 0 Å². The van der Waals surface area contributed by atoms with E-state index < -0.39 is 0 Å². The predicted molar refractivity (Wildman–Crippen MR) is 77.0 cm³/mol. The average molecular weight is 325 g/mol. The molecule has 19 heavy (non-hydrogen) atoms. The molecule has 4 nitrogen and oxygen atoms in total. The number of benzene rings is 1. The molecule has 1 aliphatic rings. The molecule has 1 aromatic rings. The summed E-state index contributed by atoms with van der Waals surface area (Å²) in [6.45, 7) is 3.61. The van der Waals surface area contributed by atoms with Crippen LogP contribution in [0.5, 0.6) is 0 Å². The van der Waals surface area contributed by atoms with Gasteiger partial charge in [-0.3, -0.25) is 9.59 Å². The molecule has 5 heteroatoms. The van der Waals surface area contributed by atoms with E-state index in [9.17, 15) is 9.59 Å². The molecule has 1 aliphatic heterocycles. The van der Waals surface area contributed by atoms with Crippen molar-refractivity contribution in [1.82, 2.24) is 10.2 Å². The number of nitrogens with zero attached hydrogens (tertiary/aromatic N) is 1. The number of rotatable bonds is 3. The van der Waals surface area contributed by atoms with Gasteiger partial charge >= 0.3 is 0 Å². The molecule has 0 spiro atoms. The molecule has 1 heterocycles. The second kappa shape index (κ2) is 6.19. The first-order valence-corrected chi connectivity index (χ1v) is 7.20. The van der Waals surface area contributed by atoms with E-state index in [-0.39, 0.29) is 18.4 Å². The zero-order chi connectivity index (χ0) is 13.8. The summed E-state index contributed by atoms with van der Waals surface area (Å²) < 4.78 is 0.779. The topological polar surface area (TPSA) is 49.4 Å².